The van der Waals surface area contributed by atoms with Crippen LogP contribution in [0.4, 0.5) is 0 Å². The monoisotopic (exact) mass is 347 g/mol. The summed E-state index contributed by atoms with van der Waals surface area (Å²) in [6, 6.07) is 0. The van der Waals surface area contributed by atoms with Crippen molar-refractivity contribution in [2.24, 2.45) is 0 Å². The molecule has 1 N–H and O–H groups in total. The zero-order chi connectivity index (χ0) is 17.2. The van der Waals surface area contributed by atoms with Gasteiger partial charge in [-0.1, -0.05) is 64.7 Å². The summed E-state index contributed by atoms with van der Waals surface area (Å²) < 4.78 is 17.4. The maximum absolute atomic E-state index is 5.79. The van der Waals surface area contributed by atoms with Crippen molar-refractivity contribution in [1.29, 1.82) is 0 Å². The normalized spacial score (nSPS) is 12.0. The second-order valence-corrected chi connectivity index (χ2v) is 8.30. The molecule has 0 unspecified atom stereocenters. The molecule has 0 fully saturated rings. The van der Waals surface area contributed by atoms with Crippen molar-refractivity contribution in [2.45, 2.75) is 91.9 Å². The highest BCUT2D eigenvalue weighted by Crippen LogP contribution is 2.11. The van der Waals surface area contributed by atoms with E-state index in [4.69, 9.17) is 13.3 Å². The number of hydrogen-bond donors (Lipinski definition) is 1. The number of unbranched alkanes of at least 4 members (excludes halogenated alkanes) is 9. The van der Waals surface area contributed by atoms with Crippen LogP contribution < -0.4 is 4.98 Å². The third-order valence-corrected chi connectivity index (χ3v) is 6.56. The Kier molecular flexibility index (Phi) is 16.9. The zero-order valence-electron chi connectivity index (χ0n) is 16.1. The van der Waals surface area contributed by atoms with Gasteiger partial charge in [0.15, 0.2) is 0 Å². The van der Waals surface area contributed by atoms with Crippen LogP contribution in [0, 0.1) is 0 Å². The summed E-state index contributed by atoms with van der Waals surface area (Å²) in [5.41, 5.74) is 0. The van der Waals surface area contributed by atoms with Crippen LogP contribution in [0.2, 0.25) is 0 Å². The molecule has 0 atom stereocenters. The third kappa shape index (κ3) is 13.1. The van der Waals surface area contributed by atoms with Crippen molar-refractivity contribution in [2.75, 3.05) is 26.4 Å². The van der Waals surface area contributed by atoms with E-state index in [-0.39, 0.29) is 0 Å². The van der Waals surface area contributed by atoms with Gasteiger partial charge in [0, 0.05) is 19.8 Å². The van der Waals surface area contributed by atoms with Crippen LogP contribution in [0.25, 0.3) is 0 Å². The molecule has 0 rings (SSSR count). The summed E-state index contributed by atoms with van der Waals surface area (Å²) in [4.78, 5) is 3.43. The summed E-state index contributed by atoms with van der Waals surface area (Å²) >= 11 is 0. The molecule has 0 spiro atoms. The van der Waals surface area contributed by atoms with Gasteiger partial charge in [0.2, 0.25) is 0 Å². The van der Waals surface area contributed by atoms with E-state index in [1.807, 2.05) is 20.8 Å². The van der Waals surface area contributed by atoms with E-state index in [1.165, 1.54) is 57.8 Å². The molecule has 0 aromatic heterocycles. The number of nitrogens with one attached hydrogen (secondary N) is 1. The Morgan fingerprint density at radius 3 is 1.35 bits per heavy atom. The Morgan fingerprint density at radius 2 is 0.957 bits per heavy atom. The van der Waals surface area contributed by atoms with Gasteiger partial charge in [-0.3, -0.25) is 4.98 Å². The highest BCUT2D eigenvalue weighted by Gasteiger charge is 2.40. The van der Waals surface area contributed by atoms with Gasteiger partial charge >= 0.3 is 8.97 Å². The van der Waals surface area contributed by atoms with Gasteiger partial charge < -0.3 is 13.3 Å². The first-order chi connectivity index (χ1) is 11.2. The molecule has 0 amide bonds. The predicted octanol–water partition coefficient (Wildman–Crippen LogP) is 5.04. The highest BCUT2D eigenvalue weighted by molar-refractivity contribution is 6.57. The molecular formula is C18H41NO3Si. The first-order valence-electron chi connectivity index (χ1n) is 9.91. The quantitative estimate of drug-likeness (QED) is 0.278. The minimum Gasteiger partial charge on any atom is -0.361 e. The molecule has 0 aliphatic heterocycles. The van der Waals surface area contributed by atoms with Gasteiger partial charge in [0.25, 0.3) is 0 Å². The minimum absolute atomic E-state index is 0.622. The van der Waals surface area contributed by atoms with E-state index in [1.54, 1.807) is 0 Å². The van der Waals surface area contributed by atoms with Crippen LogP contribution >= 0.6 is 0 Å². The lowest BCUT2D eigenvalue weighted by Crippen LogP contribution is -2.59. The summed E-state index contributed by atoms with van der Waals surface area (Å²) in [7, 11) is -2.64. The van der Waals surface area contributed by atoms with E-state index >= 15 is 0 Å². The second kappa shape index (κ2) is 16.9. The Hall–Kier alpha value is 0.0569. The fourth-order valence-electron chi connectivity index (χ4n) is 2.70. The Bertz CT molecular complexity index is 225. The average Bonchev–Trinajstić information content (AvgIpc) is 2.53. The molecule has 140 valence electrons. The molecule has 0 aromatic rings. The average molecular weight is 348 g/mol. The smallest absolute Gasteiger partial charge is 0.361 e. The van der Waals surface area contributed by atoms with Crippen molar-refractivity contribution in [3.8, 4) is 0 Å². The Morgan fingerprint density at radius 1 is 0.565 bits per heavy atom. The van der Waals surface area contributed by atoms with Gasteiger partial charge in [-0.15, -0.1) is 0 Å². The lowest BCUT2D eigenvalue weighted by Gasteiger charge is -2.28. The maximum Gasteiger partial charge on any atom is 0.596 e. The number of rotatable bonds is 18. The summed E-state index contributed by atoms with van der Waals surface area (Å²) in [5, 5.41) is 0. The van der Waals surface area contributed by atoms with Crippen molar-refractivity contribution >= 4 is 8.97 Å². The predicted molar refractivity (Wildman–Crippen MR) is 100 cm³/mol. The van der Waals surface area contributed by atoms with Crippen molar-refractivity contribution in [1.82, 2.24) is 4.98 Å². The molecule has 0 bridgehead atoms. The van der Waals surface area contributed by atoms with E-state index in [9.17, 15) is 0 Å². The maximum atomic E-state index is 5.79. The SMILES string of the molecule is CCCCCCCCCCCCN[Si](OCC)(OCC)OCC. The van der Waals surface area contributed by atoms with Crippen LogP contribution in [-0.2, 0) is 13.3 Å². The standard InChI is InChI=1S/C18H41NO3Si/c1-5-9-10-11-12-13-14-15-16-17-18-19-23(20-6-2,21-7-3)22-8-4/h19H,5-18H2,1-4H3. The van der Waals surface area contributed by atoms with Crippen LogP contribution in [0.1, 0.15) is 91.9 Å². The van der Waals surface area contributed by atoms with Gasteiger partial charge in [0.05, 0.1) is 0 Å². The van der Waals surface area contributed by atoms with Crippen LogP contribution in [0.15, 0.2) is 0 Å². The molecule has 0 aliphatic carbocycles. The minimum atomic E-state index is -2.64. The Labute approximate surface area is 146 Å². The molecule has 4 nitrogen and oxygen atoms in total. The lowest BCUT2D eigenvalue weighted by molar-refractivity contribution is 0.0598. The lowest BCUT2D eigenvalue weighted by atomic mass is 10.1. The molecule has 5 heteroatoms. The largest absolute Gasteiger partial charge is 0.596 e. The fourth-order valence-corrected chi connectivity index (χ4v) is 4.88. The summed E-state index contributed by atoms with van der Waals surface area (Å²) in [5.74, 6) is 0. The molecule has 23 heavy (non-hydrogen) atoms. The molecule has 0 radical (unpaired) electrons. The van der Waals surface area contributed by atoms with E-state index in [0.717, 1.165) is 13.0 Å². The van der Waals surface area contributed by atoms with Crippen LogP contribution in [0.3, 0.4) is 0 Å². The first kappa shape index (κ1) is 23.1. The van der Waals surface area contributed by atoms with Crippen molar-refractivity contribution in [3.05, 3.63) is 0 Å². The van der Waals surface area contributed by atoms with Gasteiger partial charge in [-0.25, -0.2) is 0 Å². The molecule has 0 saturated carbocycles. The van der Waals surface area contributed by atoms with Crippen LogP contribution in [0.5, 0.6) is 0 Å². The van der Waals surface area contributed by atoms with Crippen molar-refractivity contribution < 1.29 is 13.3 Å². The second-order valence-electron chi connectivity index (χ2n) is 5.96. The molecule has 0 heterocycles. The van der Waals surface area contributed by atoms with Crippen molar-refractivity contribution in [3.63, 3.8) is 0 Å². The fraction of sp³-hybridized carbons (Fsp3) is 1.00. The van der Waals surface area contributed by atoms with Crippen LogP contribution in [-0.4, -0.2) is 35.3 Å². The van der Waals surface area contributed by atoms with Gasteiger partial charge in [-0.05, 0) is 33.7 Å². The topological polar surface area (TPSA) is 39.7 Å². The summed E-state index contributed by atoms with van der Waals surface area (Å²) in [6.45, 7) is 11.0. The molecule has 0 aromatic carbocycles. The van der Waals surface area contributed by atoms with E-state index < -0.39 is 8.97 Å². The Balaban J connectivity index is 3.65. The van der Waals surface area contributed by atoms with Gasteiger partial charge in [0.1, 0.15) is 0 Å². The van der Waals surface area contributed by atoms with E-state index in [2.05, 4.69) is 11.9 Å². The molecule has 0 saturated heterocycles. The first-order valence-corrected chi connectivity index (χ1v) is 11.6. The van der Waals surface area contributed by atoms with Gasteiger partial charge in [-0.2, -0.15) is 0 Å². The summed E-state index contributed by atoms with van der Waals surface area (Å²) in [6.07, 6.45) is 13.5. The molecule has 0 aliphatic rings. The highest BCUT2D eigenvalue weighted by atomic mass is 28.4. The zero-order valence-corrected chi connectivity index (χ0v) is 17.1. The molecular weight excluding hydrogens is 306 g/mol. The third-order valence-electron chi connectivity index (χ3n) is 3.87. The number of hydrogen-bond acceptors (Lipinski definition) is 4. The van der Waals surface area contributed by atoms with E-state index in [0.29, 0.717) is 19.8 Å².